The average molecular weight is 405 g/mol. The Labute approximate surface area is 175 Å². The SMILES string of the molecule is CCOC(=O)C1=C(C)NC2=C(C(=O)c3ccccc32)[C@@H]1c1ccc(OC)cc1OC. The molecule has 0 saturated heterocycles. The summed E-state index contributed by atoms with van der Waals surface area (Å²) in [5.74, 6) is -0.0309. The molecule has 6 nitrogen and oxygen atoms in total. The molecule has 0 fully saturated rings. The van der Waals surface area contributed by atoms with E-state index in [1.165, 1.54) is 0 Å². The van der Waals surface area contributed by atoms with Crippen molar-refractivity contribution in [3.63, 3.8) is 0 Å². The number of esters is 1. The van der Waals surface area contributed by atoms with Crippen LogP contribution in [-0.2, 0) is 9.53 Å². The number of rotatable bonds is 5. The molecule has 1 aliphatic heterocycles. The van der Waals surface area contributed by atoms with E-state index in [0.717, 1.165) is 11.3 Å². The monoisotopic (exact) mass is 405 g/mol. The van der Waals surface area contributed by atoms with Crippen LogP contribution < -0.4 is 14.8 Å². The quantitative estimate of drug-likeness (QED) is 0.762. The van der Waals surface area contributed by atoms with Gasteiger partial charge in [-0.2, -0.15) is 0 Å². The molecule has 154 valence electrons. The molecule has 0 spiro atoms. The molecule has 1 heterocycles. The van der Waals surface area contributed by atoms with Gasteiger partial charge in [0.2, 0.25) is 0 Å². The topological polar surface area (TPSA) is 73.9 Å². The number of allylic oxidation sites excluding steroid dienone is 2. The molecular weight excluding hydrogens is 382 g/mol. The molecule has 2 aliphatic rings. The molecule has 2 aromatic rings. The fourth-order valence-corrected chi connectivity index (χ4v) is 4.18. The lowest BCUT2D eigenvalue weighted by Crippen LogP contribution is -2.29. The summed E-state index contributed by atoms with van der Waals surface area (Å²) < 4.78 is 16.3. The van der Waals surface area contributed by atoms with E-state index in [1.807, 2.05) is 31.2 Å². The van der Waals surface area contributed by atoms with Crippen molar-refractivity contribution in [2.24, 2.45) is 0 Å². The first-order chi connectivity index (χ1) is 14.5. The molecule has 1 aliphatic carbocycles. The van der Waals surface area contributed by atoms with Crippen LogP contribution in [0.2, 0.25) is 0 Å². The normalized spacial score (nSPS) is 17.3. The van der Waals surface area contributed by atoms with Crippen LogP contribution in [0.1, 0.15) is 41.3 Å². The Bertz CT molecular complexity index is 1110. The second-order valence-corrected chi connectivity index (χ2v) is 7.09. The maximum atomic E-state index is 13.4. The van der Waals surface area contributed by atoms with Crippen LogP contribution in [0.4, 0.5) is 0 Å². The molecule has 2 aromatic carbocycles. The highest BCUT2D eigenvalue weighted by atomic mass is 16.5. The predicted molar refractivity (Wildman–Crippen MR) is 112 cm³/mol. The second kappa shape index (κ2) is 7.71. The Hall–Kier alpha value is -3.54. The third-order valence-corrected chi connectivity index (χ3v) is 5.50. The minimum atomic E-state index is -0.624. The van der Waals surface area contributed by atoms with Gasteiger partial charge in [0.05, 0.1) is 38.0 Å². The number of hydrogen-bond acceptors (Lipinski definition) is 6. The van der Waals surface area contributed by atoms with Crippen molar-refractivity contribution in [3.8, 4) is 11.5 Å². The van der Waals surface area contributed by atoms with Gasteiger partial charge in [0.15, 0.2) is 5.78 Å². The highest BCUT2D eigenvalue weighted by Gasteiger charge is 2.43. The Balaban J connectivity index is 1.96. The lowest BCUT2D eigenvalue weighted by molar-refractivity contribution is -0.138. The molecule has 1 atom stereocenters. The van der Waals surface area contributed by atoms with Gasteiger partial charge >= 0.3 is 5.97 Å². The van der Waals surface area contributed by atoms with Crippen molar-refractivity contribution >= 4 is 17.4 Å². The number of Topliss-reactive ketones (excluding diaryl/α,β-unsaturated/α-hetero) is 1. The average Bonchev–Trinajstić information content (AvgIpc) is 3.04. The van der Waals surface area contributed by atoms with Gasteiger partial charge < -0.3 is 19.5 Å². The molecule has 4 rings (SSSR count). The summed E-state index contributed by atoms with van der Waals surface area (Å²) in [6.45, 7) is 3.82. The van der Waals surface area contributed by atoms with Crippen molar-refractivity contribution in [1.82, 2.24) is 5.32 Å². The second-order valence-electron chi connectivity index (χ2n) is 7.09. The molecule has 0 saturated carbocycles. The number of carbonyl (C=O) groups excluding carboxylic acids is 2. The molecule has 1 N–H and O–H groups in total. The number of methoxy groups -OCH3 is 2. The van der Waals surface area contributed by atoms with E-state index in [2.05, 4.69) is 5.32 Å². The van der Waals surface area contributed by atoms with Crippen LogP contribution in [0.25, 0.3) is 5.70 Å². The number of fused-ring (bicyclic) bond motifs is 2. The summed E-state index contributed by atoms with van der Waals surface area (Å²) in [4.78, 5) is 26.4. The lowest BCUT2D eigenvalue weighted by Gasteiger charge is -2.30. The Morgan fingerprint density at radius 1 is 1.07 bits per heavy atom. The van der Waals surface area contributed by atoms with Gasteiger partial charge in [0.25, 0.3) is 0 Å². The van der Waals surface area contributed by atoms with Crippen LogP contribution in [0.3, 0.4) is 0 Å². The van der Waals surface area contributed by atoms with E-state index in [1.54, 1.807) is 39.3 Å². The van der Waals surface area contributed by atoms with Gasteiger partial charge in [-0.1, -0.05) is 30.3 Å². The third-order valence-electron chi connectivity index (χ3n) is 5.50. The molecule has 0 radical (unpaired) electrons. The molecule has 0 amide bonds. The van der Waals surface area contributed by atoms with E-state index < -0.39 is 11.9 Å². The number of benzene rings is 2. The van der Waals surface area contributed by atoms with Gasteiger partial charge in [-0.15, -0.1) is 0 Å². The number of hydrogen-bond donors (Lipinski definition) is 1. The standard InChI is InChI=1S/C24H23NO5/c1-5-30-24(27)19-13(2)25-22-15-8-6-7-9-16(15)23(26)21(22)20(19)17-11-10-14(28-3)12-18(17)29-4/h6-12,20,25H,5H2,1-4H3/t20-/m1/s1. The van der Waals surface area contributed by atoms with Crippen LogP contribution in [0.5, 0.6) is 11.5 Å². The molecule has 0 aromatic heterocycles. The highest BCUT2D eigenvalue weighted by Crippen LogP contribution is 2.49. The van der Waals surface area contributed by atoms with Gasteiger partial charge in [0.1, 0.15) is 11.5 Å². The highest BCUT2D eigenvalue weighted by molar-refractivity contribution is 6.23. The third kappa shape index (κ3) is 2.96. The van der Waals surface area contributed by atoms with E-state index >= 15 is 0 Å². The fourth-order valence-electron chi connectivity index (χ4n) is 4.18. The summed E-state index contributed by atoms with van der Waals surface area (Å²) in [7, 11) is 3.13. The van der Waals surface area contributed by atoms with Crippen molar-refractivity contribution < 1.29 is 23.8 Å². The molecule has 0 unspecified atom stereocenters. The lowest BCUT2D eigenvalue weighted by atomic mass is 9.79. The number of carbonyl (C=O) groups is 2. The first-order valence-electron chi connectivity index (χ1n) is 9.76. The maximum absolute atomic E-state index is 13.4. The van der Waals surface area contributed by atoms with E-state index in [9.17, 15) is 9.59 Å². The van der Waals surface area contributed by atoms with Crippen LogP contribution in [0, 0.1) is 0 Å². The van der Waals surface area contributed by atoms with Crippen molar-refractivity contribution in [1.29, 1.82) is 0 Å². The molecule has 0 bridgehead atoms. The Morgan fingerprint density at radius 2 is 1.80 bits per heavy atom. The van der Waals surface area contributed by atoms with Gasteiger partial charge in [0, 0.05) is 34.0 Å². The van der Waals surface area contributed by atoms with E-state index in [4.69, 9.17) is 14.2 Å². The first-order valence-corrected chi connectivity index (χ1v) is 9.76. The zero-order chi connectivity index (χ0) is 21.4. The van der Waals surface area contributed by atoms with Crippen LogP contribution in [0.15, 0.2) is 59.3 Å². The summed E-state index contributed by atoms with van der Waals surface area (Å²) in [5, 5.41) is 3.29. The number of dihydropyridines is 1. The minimum Gasteiger partial charge on any atom is -0.497 e. The van der Waals surface area contributed by atoms with Gasteiger partial charge in [-0.3, -0.25) is 4.79 Å². The Kier molecular flexibility index (Phi) is 5.08. The molecule has 30 heavy (non-hydrogen) atoms. The molecule has 6 heteroatoms. The zero-order valence-corrected chi connectivity index (χ0v) is 17.4. The first kappa shape index (κ1) is 19.8. The van der Waals surface area contributed by atoms with Gasteiger partial charge in [-0.05, 0) is 19.9 Å². The number of ether oxygens (including phenoxy) is 3. The van der Waals surface area contributed by atoms with E-state index in [-0.39, 0.29) is 12.4 Å². The van der Waals surface area contributed by atoms with Crippen LogP contribution >= 0.6 is 0 Å². The number of nitrogens with one attached hydrogen (secondary N) is 1. The largest absolute Gasteiger partial charge is 0.497 e. The summed E-state index contributed by atoms with van der Waals surface area (Å²) in [6, 6.07) is 12.8. The maximum Gasteiger partial charge on any atom is 0.336 e. The molecular formula is C24H23NO5. The van der Waals surface area contributed by atoms with E-state index in [0.29, 0.717) is 39.5 Å². The van der Waals surface area contributed by atoms with Gasteiger partial charge in [-0.25, -0.2) is 4.79 Å². The fraction of sp³-hybridized carbons (Fsp3) is 0.250. The van der Waals surface area contributed by atoms with Crippen molar-refractivity contribution in [2.75, 3.05) is 20.8 Å². The van der Waals surface area contributed by atoms with Crippen molar-refractivity contribution in [2.45, 2.75) is 19.8 Å². The zero-order valence-electron chi connectivity index (χ0n) is 17.4. The number of ketones is 1. The Morgan fingerprint density at radius 3 is 2.47 bits per heavy atom. The van der Waals surface area contributed by atoms with Crippen LogP contribution in [-0.4, -0.2) is 32.6 Å². The summed E-state index contributed by atoms with van der Waals surface area (Å²) in [5.41, 5.74) is 4.45. The van der Waals surface area contributed by atoms with Crippen molar-refractivity contribution in [3.05, 3.63) is 76.0 Å². The minimum absolute atomic E-state index is 0.106. The summed E-state index contributed by atoms with van der Waals surface area (Å²) in [6.07, 6.45) is 0. The summed E-state index contributed by atoms with van der Waals surface area (Å²) >= 11 is 0. The predicted octanol–water partition coefficient (Wildman–Crippen LogP) is 3.84. The smallest absolute Gasteiger partial charge is 0.336 e.